The summed E-state index contributed by atoms with van der Waals surface area (Å²) >= 11 is 1.27. The molecule has 1 fully saturated rings. The van der Waals surface area contributed by atoms with Crippen LogP contribution in [0.3, 0.4) is 0 Å². The SMILES string of the molecule is C=CCn1c(CN(c2ccc(F)cc2)S(C)(=O)=O)nnc1SCC(=O)N1CCCCC1. The Morgan fingerprint density at radius 1 is 1.23 bits per heavy atom. The molecule has 0 saturated carbocycles. The smallest absolute Gasteiger partial charge is 0.233 e. The Balaban J connectivity index is 1.78. The molecule has 1 saturated heterocycles. The molecular formula is C20H26FN5O3S2. The standard InChI is InChI=1S/C20H26FN5O3S2/c1-3-11-25-18(14-26(31(2,28)29)17-9-7-16(21)8-10-17)22-23-20(25)30-15-19(27)24-12-5-4-6-13-24/h3,7-10H,1,4-6,11-15H2,2H3. The maximum atomic E-state index is 13.3. The Kier molecular flexibility index (Phi) is 7.71. The number of rotatable bonds is 9. The highest BCUT2D eigenvalue weighted by Crippen LogP contribution is 2.24. The summed E-state index contributed by atoms with van der Waals surface area (Å²) in [5, 5.41) is 8.85. The molecular weight excluding hydrogens is 441 g/mol. The van der Waals surface area contributed by atoms with Gasteiger partial charge in [-0.2, -0.15) is 0 Å². The van der Waals surface area contributed by atoms with Crippen molar-refractivity contribution in [2.75, 3.05) is 29.4 Å². The van der Waals surface area contributed by atoms with Gasteiger partial charge in [0, 0.05) is 19.6 Å². The largest absolute Gasteiger partial charge is 0.342 e. The highest BCUT2D eigenvalue weighted by atomic mass is 32.2. The van der Waals surface area contributed by atoms with E-state index in [4.69, 9.17) is 0 Å². The molecule has 2 heterocycles. The number of anilines is 1. The van der Waals surface area contributed by atoms with Crippen LogP contribution >= 0.6 is 11.8 Å². The maximum Gasteiger partial charge on any atom is 0.233 e. The summed E-state index contributed by atoms with van der Waals surface area (Å²) in [7, 11) is -3.66. The Bertz CT molecular complexity index is 1020. The quantitative estimate of drug-likeness (QED) is 0.416. The predicted octanol–water partition coefficient (Wildman–Crippen LogP) is 2.67. The number of benzene rings is 1. The minimum Gasteiger partial charge on any atom is -0.342 e. The van der Waals surface area contributed by atoms with E-state index in [0.717, 1.165) is 42.9 Å². The number of likely N-dealkylation sites (tertiary alicyclic amines) is 1. The lowest BCUT2D eigenvalue weighted by molar-refractivity contribution is -0.129. The number of hydrogen-bond acceptors (Lipinski definition) is 6. The zero-order valence-electron chi connectivity index (χ0n) is 17.4. The molecule has 1 aliphatic heterocycles. The molecule has 0 N–H and O–H groups in total. The molecule has 8 nitrogen and oxygen atoms in total. The van der Waals surface area contributed by atoms with Gasteiger partial charge in [0.1, 0.15) is 5.82 Å². The second-order valence-corrected chi connectivity index (χ2v) is 10.1. The molecule has 168 valence electrons. The van der Waals surface area contributed by atoms with E-state index in [9.17, 15) is 17.6 Å². The van der Waals surface area contributed by atoms with Crippen LogP contribution in [0.4, 0.5) is 10.1 Å². The van der Waals surface area contributed by atoms with Crippen molar-refractivity contribution in [2.45, 2.75) is 37.5 Å². The van der Waals surface area contributed by atoms with Crippen molar-refractivity contribution >= 4 is 33.4 Å². The Hall–Kier alpha value is -2.40. The van der Waals surface area contributed by atoms with E-state index < -0.39 is 15.8 Å². The highest BCUT2D eigenvalue weighted by molar-refractivity contribution is 7.99. The van der Waals surface area contributed by atoms with E-state index in [1.54, 1.807) is 10.6 Å². The number of amides is 1. The van der Waals surface area contributed by atoms with Gasteiger partial charge in [0.2, 0.25) is 15.9 Å². The number of allylic oxidation sites excluding steroid dienone is 1. The number of sulfonamides is 1. The minimum absolute atomic E-state index is 0.0588. The average molecular weight is 468 g/mol. The Morgan fingerprint density at radius 2 is 1.90 bits per heavy atom. The third-order valence-corrected chi connectivity index (χ3v) is 7.03. The van der Waals surface area contributed by atoms with E-state index in [0.29, 0.717) is 23.2 Å². The summed E-state index contributed by atoms with van der Waals surface area (Å²) in [6, 6.07) is 5.21. The van der Waals surface area contributed by atoms with Crippen molar-refractivity contribution in [1.29, 1.82) is 0 Å². The number of carbonyl (C=O) groups excluding carboxylic acids is 1. The van der Waals surface area contributed by atoms with Crippen molar-refractivity contribution in [3.8, 4) is 0 Å². The van der Waals surface area contributed by atoms with Crippen LogP contribution in [0.5, 0.6) is 0 Å². The van der Waals surface area contributed by atoms with Crippen LogP contribution in [0, 0.1) is 5.82 Å². The third kappa shape index (κ3) is 6.07. The Labute approximate surface area is 186 Å². The molecule has 3 rings (SSSR count). The first-order valence-electron chi connectivity index (χ1n) is 9.96. The first kappa shape index (κ1) is 23.3. The number of thioether (sulfide) groups is 1. The van der Waals surface area contributed by atoms with Gasteiger partial charge in [0.05, 0.1) is 24.2 Å². The van der Waals surface area contributed by atoms with Crippen molar-refractivity contribution < 1.29 is 17.6 Å². The van der Waals surface area contributed by atoms with E-state index in [2.05, 4.69) is 16.8 Å². The molecule has 0 unspecified atom stereocenters. The summed E-state index contributed by atoms with van der Waals surface area (Å²) in [5.41, 5.74) is 0.325. The average Bonchev–Trinajstić information content (AvgIpc) is 3.12. The fourth-order valence-corrected chi connectivity index (χ4v) is 5.08. The zero-order chi connectivity index (χ0) is 22.4. The van der Waals surface area contributed by atoms with Gasteiger partial charge < -0.3 is 9.47 Å². The number of hydrogen-bond donors (Lipinski definition) is 0. The van der Waals surface area contributed by atoms with Gasteiger partial charge in [-0.3, -0.25) is 9.10 Å². The minimum atomic E-state index is -3.66. The van der Waals surface area contributed by atoms with Crippen LogP contribution in [-0.2, 0) is 27.9 Å². The maximum absolute atomic E-state index is 13.3. The van der Waals surface area contributed by atoms with Crippen LogP contribution in [-0.4, -0.2) is 59.1 Å². The molecule has 1 aromatic heterocycles. The first-order chi connectivity index (χ1) is 14.8. The summed E-state index contributed by atoms with van der Waals surface area (Å²) in [6.45, 7) is 5.60. The molecule has 1 aromatic carbocycles. The number of carbonyl (C=O) groups is 1. The fourth-order valence-electron chi connectivity index (χ4n) is 3.35. The molecule has 0 aliphatic carbocycles. The van der Waals surface area contributed by atoms with Gasteiger partial charge in [-0.1, -0.05) is 17.8 Å². The van der Waals surface area contributed by atoms with Crippen LogP contribution in [0.25, 0.3) is 0 Å². The lowest BCUT2D eigenvalue weighted by atomic mass is 10.1. The predicted molar refractivity (Wildman–Crippen MR) is 119 cm³/mol. The van der Waals surface area contributed by atoms with Gasteiger partial charge in [-0.15, -0.1) is 16.8 Å². The molecule has 2 aromatic rings. The molecule has 0 spiro atoms. The monoisotopic (exact) mass is 467 g/mol. The normalized spacial score (nSPS) is 14.5. The third-order valence-electron chi connectivity index (χ3n) is 4.94. The van der Waals surface area contributed by atoms with E-state index in [1.165, 1.54) is 36.0 Å². The molecule has 0 atom stereocenters. The van der Waals surface area contributed by atoms with Crippen molar-refractivity contribution in [1.82, 2.24) is 19.7 Å². The number of piperidine rings is 1. The lowest BCUT2D eigenvalue weighted by Crippen LogP contribution is -2.36. The van der Waals surface area contributed by atoms with Gasteiger partial charge in [-0.25, -0.2) is 12.8 Å². The summed E-state index contributed by atoms with van der Waals surface area (Å²) in [6.07, 6.45) is 5.94. The lowest BCUT2D eigenvalue weighted by Gasteiger charge is -2.26. The first-order valence-corrected chi connectivity index (χ1v) is 12.8. The second kappa shape index (κ2) is 10.3. The summed E-state index contributed by atoms with van der Waals surface area (Å²) in [4.78, 5) is 14.3. The van der Waals surface area contributed by atoms with Gasteiger partial charge in [0.15, 0.2) is 11.0 Å². The molecule has 31 heavy (non-hydrogen) atoms. The van der Waals surface area contributed by atoms with Crippen LogP contribution in [0.15, 0.2) is 42.1 Å². The van der Waals surface area contributed by atoms with Gasteiger partial charge in [-0.05, 0) is 43.5 Å². The zero-order valence-corrected chi connectivity index (χ0v) is 19.0. The molecule has 0 radical (unpaired) electrons. The van der Waals surface area contributed by atoms with Gasteiger partial charge in [0.25, 0.3) is 0 Å². The molecule has 1 aliphatic rings. The van der Waals surface area contributed by atoms with Crippen LogP contribution in [0.1, 0.15) is 25.1 Å². The van der Waals surface area contributed by atoms with Crippen LogP contribution < -0.4 is 4.31 Å². The number of halogens is 1. The van der Waals surface area contributed by atoms with Crippen molar-refractivity contribution in [3.05, 3.63) is 48.6 Å². The number of aromatic nitrogens is 3. The van der Waals surface area contributed by atoms with Crippen LogP contribution in [0.2, 0.25) is 0 Å². The highest BCUT2D eigenvalue weighted by Gasteiger charge is 2.23. The van der Waals surface area contributed by atoms with E-state index in [-0.39, 0.29) is 18.2 Å². The molecule has 11 heteroatoms. The van der Waals surface area contributed by atoms with E-state index in [1.807, 2.05) is 4.90 Å². The van der Waals surface area contributed by atoms with Crippen molar-refractivity contribution in [2.24, 2.45) is 0 Å². The second-order valence-electron chi connectivity index (χ2n) is 7.27. The van der Waals surface area contributed by atoms with Crippen molar-refractivity contribution in [3.63, 3.8) is 0 Å². The van der Waals surface area contributed by atoms with Gasteiger partial charge >= 0.3 is 0 Å². The Morgan fingerprint density at radius 3 is 2.52 bits per heavy atom. The summed E-state index contributed by atoms with van der Waals surface area (Å²) in [5.74, 6) is 0.248. The van der Waals surface area contributed by atoms with E-state index >= 15 is 0 Å². The number of nitrogens with zero attached hydrogens (tertiary/aromatic N) is 5. The summed E-state index contributed by atoms with van der Waals surface area (Å²) < 4.78 is 40.9. The molecule has 0 bridgehead atoms. The fraction of sp³-hybridized carbons (Fsp3) is 0.450. The molecule has 1 amide bonds. The topological polar surface area (TPSA) is 88.4 Å².